The minimum Gasteiger partial charge on any atom is -0.305 e. The first-order valence-corrected chi connectivity index (χ1v) is 9.52. The van der Waals surface area contributed by atoms with Crippen molar-refractivity contribution in [1.29, 1.82) is 0 Å². The van der Waals surface area contributed by atoms with Crippen LogP contribution in [-0.2, 0) is 13.6 Å². The van der Waals surface area contributed by atoms with Crippen LogP contribution >= 0.6 is 30.2 Å². The summed E-state index contributed by atoms with van der Waals surface area (Å²) in [7, 11) is -4.35. The molecule has 7 heteroatoms. The summed E-state index contributed by atoms with van der Waals surface area (Å²) in [6.45, 7) is 5.04. The van der Waals surface area contributed by atoms with Gasteiger partial charge in [-0.25, -0.2) is 0 Å². The van der Waals surface area contributed by atoms with Crippen molar-refractivity contribution < 1.29 is 22.4 Å². The zero-order chi connectivity index (χ0) is 14.9. The van der Waals surface area contributed by atoms with Gasteiger partial charge in [0.05, 0.1) is 13.2 Å². The number of rotatable bonds is 11. The molecule has 0 radical (unpaired) electrons. The van der Waals surface area contributed by atoms with Crippen molar-refractivity contribution in [3.8, 4) is 0 Å². The molecule has 0 saturated heterocycles. The van der Waals surface area contributed by atoms with E-state index < -0.39 is 19.7 Å². The topological polar surface area (TPSA) is 35.5 Å². The van der Waals surface area contributed by atoms with Crippen molar-refractivity contribution in [3.05, 3.63) is 0 Å². The summed E-state index contributed by atoms with van der Waals surface area (Å²) < 4.78 is 49.5. The van der Waals surface area contributed by atoms with Crippen LogP contribution in [0.25, 0.3) is 0 Å². The van der Waals surface area contributed by atoms with Crippen LogP contribution in [0.1, 0.15) is 52.9 Å². The quantitative estimate of drug-likeness (QED) is 0.191. The van der Waals surface area contributed by atoms with E-state index in [4.69, 9.17) is 9.05 Å². The van der Waals surface area contributed by atoms with Gasteiger partial charge in [-0.2, -0.15) is 8.78 Å². The van der Waals surface area contributed by atoms with Gasteiger partial charge in [0.15, 0.2) is 0 Å². The maximum Gasteiger partial charge on any atom is 0.399 e. The second kappa shape index (κ2) is 9.64. The van der Waals surface area contributed by atoms with E-state index in [2.05, 4.69) is 6.92 Å². The highest BCUT2D eigenvalue weighted by Gasteiger charge is 2.53. The SMILES string of the molecule is CCCCCC(I)CC(F)(F)P(=O)(OCC)OCC. The van der Waals surface area contributed by atoms with Gasteiger partial charge in [-0.1, -0.05) is 48.8 Å². The number of hydrogen-bond acceptors (Lipinski definition) is 3. The Hall–Kier alpha value is 0.740. The summed E-state index contributed by atoms with van der Waals surface area (Å²) in [4.78, 5) is 0. The first-order chi connectivity index (χ1) is 8.83. The highest BCUT2D eigenvalue weighted by Crippen LogP contribution is 2.64. The smallest absolute Gasteiger partial charge is 0.305 e. The third-order valence-corrected chi connectivity index (χ3v) is 5.83. The fourth-order valence-electron chi connectivity index (χ4n) is 1.66. The molecule has 0 rings (SSSR count). The van der Waals surface area contributed by atoms with Crippen molar-refractivity contribution in [3.63, 3.8) is 0 Å². The molecule has 0 bridgehead atoms. The lowest BCUT2D eigenvalue weighted by Crippen LogP contribution is -2.24. The van der Waals surface area contributed by atoms with Crippen LogP contribution in [0, 0.1) is 0 Å². The van der Waals surface area contributed by atoms with Gasteiger partial charge in [0.25, 0.3) is 0 Å². The Morgan fingerprint density at radius 3 is 2.11 bits per heavy atom. The van der Waals surface area contributed by atoms with Crippen LogP contribution in [0.4, 0.5) is 8.78 Å². The molecule has 0 N–H and O–H groups in total. The molecular formula is C12H24F2IO3P. The molecule has 3 nitrogen and oxygen atoms in total. The lowest BCUT2D eigenvalue weighted by molar-refractivity contribution is 0.0318. The molecule has 0 fully saturated rings. The van der Waals surface area contributed by atoms with Crippen molar-refractivity contribution >= 4 is 30.2 Å². The predicted octanol–water partition coefficient (Wildman–Crippen LogP) is 5.62. The van der Waals surface area contributed by atoms with Gasteiger partial charge < -0.3 is 9.05 Å². The molecular weight excluding hydrogens is 388 g/mol. The molecule has 1 atom stereocenters. The van der Waals surface area contributed by atoms with E-state index in [0.717, 1.165) is 19.3 Å². The number of alkyl halides is 3. The standard InChI is InChI=1S/C12H24F2IO3P/c1-4-7-8-9-11(15)10-12(13,14)19(16,17-5-2)18-6-3/h11H,4-10H2,1-3H3. The number of unbranched alkanes of at least 4 members (excludes halogenated alkanes) is 2. The molecule has 0 aliphatic carbocycles. The molecule has 0 spiro atoms. The van der Waals surface area contributed by atoms with E-state index in [-0.39, 0.29) is 17.1 Å². The minimum absolute atomic E-state index is 0.0470. The second-order valence-electron chi connectivity index (χ2n) is 4.30. The van der Waals surface area contributed by atoms with Gasteiger partial charge in [0.2, 0.25) is 0 Å². The first kappa shape index (κ1) is 19.7. The lowest BCUT2D eigenvalue weighted by atomic mass is 10.1. The Morgan fingerprint density at radius 2 is 1.68 bits per heavy atom. The van der Waals surface area contributed by atoms with E-state index in [1.54, 1.807) is 0 Å². The Morgan fingerprint density at radius 1 is 1.16 bits per heavy atom. The monoisotopic (exact) mass is 412 g/mol. The van der Waals surface area contributed by atoms with E-state index >= 15 is 0 Å². The lowest BCUT2D eigenvalue weighted by Gasteiger charge is -2.27. The number of halogens is 3. The normalized spacial score (nSPS) is 14.6. The summed E-state index contributed by atoms with van der Waals surface area (Å²) in [5.41, 5.74) is -3.42. The predicted molar refractivity (Wildman–Crippen MR) is 82.4 cm³/mol. The molecule has 19 heavy (non-hydrogen) atoms. The fraction of sp³-hybridized carbons (Fsp3) is 1.00. The first-order valence-electron chi connectivity index (χ1n) is 6.74. The molecule has 1 unspecified atom stereocenters. The van der Waals surface area contributed by atoms with Crippen molar-refractivity contribution in [1.82, 2.24) is 0 Å². The van der Waals surface area contributed by atoms with Crippen molar-refractivity contribution in [2.45, 2.75) is 62.5 Å². The van der Waals surface area contributed by atoms with E-state index in [9.17, 15) is 13.3 Å². The average molecular weight is 412 g/mol. The average Bonchev–Trinajstić information content (AvgIpc) is 2.29. The van der Waals surface area contributed by atoms with Crippen LogP contribution in [0.3, 0.4) is 0 Å². The van der Waals surface area contributed by atoms with Gasteiger partial charge in [0.1, 0.15) is 0 Å². The maximum atomic E-state index is 14.1. The Bertz CT molecular complexity index is 280. The molecule has 0 aromatic carbocycles. The molecule has 116 valence electrons. The number of hydrogen-bond donors (Lipinski definition) is 0. The third kappa shape index (κ3) is 6.82. The molecule has 0 saturated carbocycles. The van der Waals surface area contributed by atoms with E-state index in [1.165, 1.54) is 13.8 Å². The largest absolute Gasteiger partial charge is 0.399 e. The van der Waals surface area contributed by atoms with Gasteiger partial charge in [-0.3, -0.25) is 4.57 Å². The summed E-state index contributed by atoms with van der Waals surface area (Å²) in [5, 5.41) is 0. The van der Waals surface area contributed by atoms with Gasteiger partial charge in [-0.05, 0) is 20.3 Å². The molecule has 0 aromatic rings. The summed E-state index contributed by atoms with van der Waals surface area (Å²) in [5.74, 6) is 0. The summed E-state index contributed by atoms with van der Waals surface area (Å²) >= 11 is 1.99. The minimum atomic E-state index is -4.35. The van der Waals surface area contributed by atoms with Gasteiger partial charge in [0, 0.05) is 10.3 Å². The van der Waals surface area contributed by atoms with E-state index in [0.29, 0.717) is 6.42 Å². The summed E-state index contributed by atoms with van der Waals surface area (Å²) in [6.07, 6.45) is 3.22. The molecule has 0 aliphatic rings. The van der Waals surface area contributed by atoms with Gasteiger partial charge in [-0.15, -0.1) is 0 Å². The van der Waals surface area contributed by atoms with Crippen LogP contribution in [-0.4, -0.2) is 22.8 Å². The summed E-state index contributed by atoms with van der Waals surface area (Å²) in [6, 6.07) is 0. The Balaban J connectivity index is 4.58. The third-order valence-electron chi connectivity index (χ3n) is 2.59. The van der Waals surface area contributed by atoms with Crippen LogP contribution in [0.15, 0.2) is 0 Å². The Kier molecular flexibility index (Phi) is 10.0. The van der Waals surface area contributed by atoms with Crippen LogP contribution in [0.5, 0.6) is 0 Å². The van der Waals surface area contributed by atoms with Crippen molar-refractivity contribution in [2.75, 3.05) is 13.2 Å². The van der Waals surface area contributed by atoms with Crippen molar-refractivity contribution in [2.24, 2.45) is 0 Å². The molecule has 0 aliphatic heterocycles. The zero-order valence-electron chi connectivity index (χ0n) is 11.8. The van der Waals surface area contributed by atoms with Gasteiger partial charge >= 0.3 is 13.3 Å². The zero-order valence-corrected chi connectivity index (χ0v) is 14.9. The maximum absolute atomic E-state index is 14.1. The Labute approximate surface area is 128 Å². The van der Waals surface area contributed by atoms with Crippen LogP contribution in [0.2, 0.25) is 0 Å². The molecule has 0 heterocycles. The fourth-order valence-corrected chi connectivity index (χ4v) is 4.58. The highest BCUT2D eigenvalue weighted by molar-refractivity contribution is 14.1. The molecule has 0 aromatic heterocycles. The highest BCUT2D eigenvalue weighted by atomic mass is 127. The second-order valence-corrected chi connectivity index (χ2v) is 8.22. The van der Waals surface area contributed by atoms with E-state index in [1.807, 2.05) is 22.6 Å². The molecule has 0 amide bonds. The van der Waals surface area contributed by atoms with Crippen LogP contribution < -0.4 is 0 Å².